The summed E-state index contributed by atoms with van der Waals surface area (Å²) in [4.78, 5) is 16.4. The fraction of sp³-hybridized carbons (Fsp3) is 0.389. The van der Waals surface area contributed by atoms with Gasteiger partial charge in [-0.05, 0) is 37.0 Å². The van der Waals surface area contributed by atoms with Crippen molar-refractivity contribution in [3.63, 3.8) is 0 Å². The van der Waals surface area contributed by atoms with E-state index in [0.717, 1.165) is 37.1 Å². The standard InChI is InChI=1S/C18H20N4O/c23-17(21-16-5-4-11-19-14-16)13-18(8-2-1-3-9-18)10-6-15-7-12-20-22-15/h4-5,7,11-12,14H,1-3,8-9,13H2,(H,20,22)(H,21,23). The molecule has 3 rings (SSSR count). The molecule has 1 amide bonds. The zero-order valence-electron chi connectivity index (χ0n) is 13.0. The number of aromatic amines is 1. The molecule has 2 aromatic heterocycles. The third kappa shape index (κ3) is 4.19. The van der Waals surface area contributed by atoms with E-state index in [2.05, 4.69) is 32.3 Å². The highest BCUT2D eigenvalue weighted by Crippen LogP contribution is 2.39. The average molecular weight is 308 g/mol. The van der Waals surface area contributed by atoms with Gasteiger partial charge in [-0.15, -0.1) is 0 Å². The predicted octanol–water partition coefficient (Wildman–Crippen LogP) is 3.14. The minimum Gasteiger partial charge on any atom is -0.325 e. The van der Waals surface area contributed by atoms with E-state index in [4.69, 9.17) is 0 Å². The zero-order chi connectivity index (χ0) is 16.0. The number of carbonyl (C=O) groups excluding carboxylic acids is 1. The predicted molar refractivity (Wildman–Crippen MR) is 88.5 cm³/mol. The largest absolute Gasteiger partial charge is 0.325 e. The van der Waals surface area contributed by atoms with Crippen LogP contribution in [0.4, 0.5) is 5.69 Å². The molecule has 23 heavy (non-hydrogen) atoms. The van der Waals surface area contributed by atoms with Gasteiger partial charge in [-0.1, -0.05) is 25.2 Å². The first kappa shape index (κ1) is 15.3. The molecule has 0 unspecified atom stereocenters. The van der Waals surface area contributed by atoms with Crippen molar-refractivity contribution in [2.24, 2.45) is 5.41 Å². The Morgan fingerprint density at radius 3 is 2.83 bits per heavy atom. The molecule has 118 valence electrons. The van der Waals surface area contributed by atoms with Gasteiger partial charge in [0.2, 0.25) is 5.91 Å². The molecule has 0 bridgehead atoms. The molecule has 5 heteroatoms. The number of aromatic nitrogens is 3. The Bertz CT molecular complexity index is 692. The lowest BCUT2D eigenvalue weighted by molar-refractivity contribution is -0.118. The molecule has 0 aliphatic heterocycles. The maximum atomic E-state index is 12.4. The first-order valence-electron chi connectivity index (χ1n) is 7.98. The maximum Gasteiger partial charge on any atom is 0.225 e. The molecule has 1 aliphatic rings. The minimum absolute atomic E-state index is 0.00110. The second-order valence-electron chi connectivity index (χ2n) is 6.03. The zero-order valence-corrected chi connectivity index (χ0v) is 13.0. The molecule has 0 aromatic carbocycles. The van der Waals surface area contributed by atoms with E-state index in [0.29, 0.717) is 6.42 Å². The summed E-state index contributed by atoms with van der Waals surface area (Å²) in [5.41, 5.74) is 1.28. The summed E-state index contributed by atoms with van der Waals surface area (Å²) >= 11 is 0. The molecule has 1 fully saturated rings. The second-order valence-corrected chi connectivity index (χ2v) is 6.03. The van der Waals surface area contributed by atoms with Crippen molar-refractivity contribution in [3.8, 4) is 11.8 Å². The van der Waals surface area contributed by atoms with Gasteiger partial charge in [-0.25, -0.2) is 0 Å². The van der Waals surface area contributed by atoms with Crippen LogP contribution in [0.1, 0.15) is 44.2 Å². The SMILES string of the molecule is O=C(CC1(C#Cc2ccn[nH]2)CCCCC1)Nc1cccnc1. The van der Waals surface area contributed by atoms with Gasteiger partial charge in [-0.3, -0.25) is 14.9 Å². The van der Waals surface area contributed by atoms with E-state index in [1.807, 2.05) is 18.2 Å². The summed E-state index contributed by atoms with van der Waals surface area (Å²) in [6.07, 6.45) is 10.8. The highest BCUT2D eigenvalue weighted by molar-refractivity contribution is 5.91. The summed E-state index contributed by atoms with van der Waals surface area (Å²) in [6.45, 7) is 0. The molecule has 0 saturated heterocycles. The Labute approximate surface area is 135 Å². The molecular weight excluding hydrogens is 288 g/mol. The molecule has 0 spiro atoms. The highest BCUT2D eigenvalue weighted by atomic mass is 16.1. The molecule has 1 saturated carbocycles. The van der Waals surface area contributed by atoms with Gasteiger partial charge in [0.05, 0.1) is 11.9 Å². The summed E-state index contributed by atoms with van der Waals surface area (Å²) in [5, 5.41) is 9.68. The lowest BCUT2D eigenvalue weighted by atomic mass is 9.72. The van der Waals surface area contributed by atoms with Gasteiger partial charge >= 0.3 is 0 Å². The molecule has 1 aliphatic carbocycles. The number of nitrogens with zero attached hydrogens (tertiary/aromatic N) is 2. The maximum absolute atomic E-state index is 12.4. The van der Waals surface area contributed by atoms with E-state index in [9.17, 15) is 4.79 Å². The number of carbonyl (C=O) groups is 1. The Morgan fingerprint density at radius 1 is 1.26 bits per heavy atom. The Hall–Kier alpha value is -2.61. The van der Waals surface area contributed by atoms with Crippen LogP contribution in [0, 0.1) is 17.3 Å². The fourth-order valence-corrected chi connectivity index (χ4v) is 3.05. The van der Waals surface area contributed by atoms with Crippen molar-refractivity contribution in [2.75, 3.05) is 5.32 Å². The normalized spacial score (nSPS) is 16.2. The number of H-pyrrole nitrogens is 1. The topological polar surface area (TPSA) is 70.7 Å². The van der Waals surface area contributed by atoms with Gasteiger partial charge < -0.3 is 5.32 Å². The van der Waals surface area contributed by atoms with Crippen LogP contribution in [0.15, 0.2) is 36.8 Å². The number of nitrogens with one attached hydrogen (secondary N) is 2. The number of pyridine rings is 1. The van der Waals surface area contributed by atoms with E-state index in [1.54, 1.807) is 18.6 Å². The first-order valence-corrected chi connectivity index (χ1v) is 7.98. The lowest BCUT2D eigenvalue weighted by Gasteiger charge is -2.31. The molecule has 2 aromatic rings. The number of hydrogen-bond donors (Lipinski definition) is 2. The third-order valence-corrected chi connectivity index (χ3v) is 4.22. The van der Waals surface area contributed by atoms with Crippen molar-refractivity contribution in [2.45, 2.75) is 38.5 Å². The van der Waals surface area contributed by atoms with Gasteiger partial charge in [-0.2, -0.15) is 5.10 Å². The second kappa shape index (κ2) is 7.10. The lowest BCUT2D eigenvalue weighted by Crippen LogP contribution is -2.28. The van der Waals surface area contributed by atoms with E-state index >= 15 is 0 Å². The van der Waals surface area contributed by atoms with Crippen LogP contribution in [0.5, 0.6) is 0 Å². The monoisotopic (exact) mass is 308 g/mol. The van der Waals surface area contributed by atoms with Crippen molar-refractivity contribution in [3.05, 3.63) is 42.5 Å². The number of amides is 1. The van der Waals surface area contributed by atoms with Crippen LogP contribution < -0.4 is 5.32 Å². The van der Waals surface area contributed by atoms with Crippen LogP contribution in [-0.4, -0.2) is 21.1 Å². The summed E-state index contributed by atoms with van der Waals surface area (Å²) in [5.74, 6) is 6.50. The molecular formula is C18H20N4O. The van der Waals surface area contributed by atoms with Crippen LogP contribution in [-0.2, 0) is 4.79 Å². The van der Waals surface area contributed by atoms with Crippen LogP contribution >= 0.6 is 0 Å². The molecule has 5 nitrogen and oxygen atoms in total. The average Bonchev–Trinajstić information content (AvgIpc) is 3.08. The molecule has 0 radical (unpaired) electrons. The Kier molecular flexibility index (Phi) is 4.72. The quantitative estimate of drug-likeness (QED) is 0.856. The molecule has 2 N–H and O–H groups in total. The summed E-state index contributed by atoms with van der Waals surface area (Å²) in [6, 6.07) is 5.50. The van der Waals surface area contributed by atoms with Gasteiger partial charge in [0.15, 0.2) is 0 Å². The van der Waals surface area contributed by atoms with Crippen LogP contribution in [0.3, 0.4) is 0 Å². The number of anilines is 1. The Balaban J connectivity index is 1.72. The smallest absolute Gasteiger partial charge is 0.225 e. The third-order valence-electron chi connectivity index (χ3n) is 4.22. The first-order chi connectivity index (χ1) is 11.3. The van der Waals surface area contributed by atoms with Gasteiger partial charge in [0.25, 0.3) is 0 Å². The van der Waals surface area contributed by atoms with Crippen molar-refractivity contribution >= 4 is 11.6 Å². The number of hydrogen-bond acceptors (Lipinski definition) is 3. The van der Waals surface area contributed by atoms with Crippen molar-refractivity contribution in [1.82, 2.24) is 15.2 Å². The van der Waals surface area contributed by atoms with Crippen molar-refractivity contribution < 1.29 is 4.79 Å². The van der Waals surface area contributed by atoms with Gasteiger partial charge in [0, 0.05) is 24.2 Å². The summed E-state index contributed by atoms with van der Waals surface area (Å²) < 4.78 is 0. The van der Waals surface area contributed by atoms with Gasteiger partial charge in [0.1, 0.15) is 5.69 Å². The number of rotatable bonds is 3. The minimum atomic E-state index is -0.240. The van der Waals surface area contributed by atoms with Crippen LogP contribution in [0.2, 0.25) is 0 Å². The Morgan fingerprint density at radius 2 is 2.13 bits per heavy atom. The van der Waals surface area contributed by atoms with E-state index in [-0.39, 0.29) is 11.3 Å². The molecule has 2 heterocycles. The summed E-state index contributed by atoms with van der Waals surface area (Å²) in [7, 11) is 0. The van der Waals surface area contributed by atoms with Crippen LogP contribution in [0.25, 0.3) is 0 Å². The molecule has 0 atom stereocenters. The van der Waals surface area contributed by atoms with E-state index in [1.165, 1.54) is 6.42 Å². The van der Waals surface area contributed by atoms with Crippen molar-refractivity contribution in [1.29, 1.82) is 0 Å². The van der Waals surface area contributed by atoms with E-state index < -0.39 is 0 Å². The fourth-order valence-electron chi connectivity index (χ4n) is 3.05. The highest BCUT2D eigenvalue weighted by Gasteiger charge is 2.32.